The number of hydrogen-bond donors (Lipinski definition) is 1. The molecule has 0 unspecified atom stereocenters. The fraction of sp³-hybridized carbons (Fsp3) is 0.444. The predicted octanol–water partition coefficient (Wildman–Crippen LogP) is 4.12. The van der Waals surface area contributed by atoms with Gasteiger partial charge in [-0.1, -0.05) is 45.5 Å². The molecule has 0 aliphatic carbocycles. The van der Waals surface area contributed by atoms with Gasteiger partial charge in [-0.05, 0) is 42.2 Å². The Morgan fingerprint density at radius 1 is 1.17 bits per heavy atom. The minimum absolute atomic E-state index is 0. The molecule has 0 bridgehead atoms. The molecule has 3 rings (SSSR count). The Morgan fingerprint density at radius 3 is 2.51 bits per heavy atom. The molecule has 188 valence electrons. The van der Waals surface area contributed by atoms with E-state index < -0.39 is 0 Å². The Morgan fingerprint density at radius 2 is 1.89 bits per heavy atom. The van der Waals surface area contributed by atoms with E-state index in [1.807, 2.05) is 60.5 Å². The highest BCUT2D eigenvalue weighted by molar-refractivity contribution is 5.85. The van der Waals surface area contributed by atoms with Gasteiger partial charge in [0.05, 0.1) is 32.4 Å². The van der Waals surface area contributed by atoms with Gasteiger partial charge in [-0.15, -0.1) is 0 Å². The van der Waals surface area contributed by atoms with Crippen molar-refractivity contribution in [3.63, 3.8) is 0 Å². The highest BCUT2D eigenvalue weighted by atomic mass is 16.5. The molecule has 8 nitrogen and oxygen atoms in total. The van der Waals surface area contributed by atoms with Gasteiger partial charge in [0, 0.05) is 19.6 Å². The highest BCUT2D eigenvalue weighted by Crippen LogP contribution is 2.28. The fourth-order valence-corrected chi connectivity index (χ4v) is 4.16. The monoisotopic (exact) mass is 479 g/mol. The Balaban J connectivity index is 0.00000432. The van der Waals surface area contributed by atoms with Crippen LogP contribution in [-0.4, -0.2) is 61.6 Å². The van der Waals surface area contributed by atoms with Crippen molar-refractivity contribution in [3.8, 4) is 17.7 Å². The lowest BCUT2D eigenvalue weighted by Gasteiger charge is -2.44. The van der Waals surface area contributed by atoms with Crippen LogP contribution in [0.2, 0.25) is 0 Å². The molecule has 2 aromatic rings. The number of nitrogens with one attached hydrogen (secondary N) is 1. The summed E-state index contributed by atoms with van der Waals surface area (Å²) in [6.07, 6.45) is 2.31. The topological polar surface area (TPSA) is 90.2 Å². The predicted molar refractivity (Wildman–Crippen MR) is 139 cm³/mol. The first-order chi connectivity index (χ1) is 16.4. The zero-order chi connectivity index (χ0) is 24.7. The number of aliphatic imine (C=N–C) groups is 1. The van der Waals surface area contributed by atoms with Crippen LogP contribution < -0.4 is 14.8 Å². The van der Waals surface area contributed by atoms with Gasteiger partial charge in [-0.25, -0.2) is 4.99 Å². The number of benzene rings is 2. The van der Waals surface area contributed by atoms with Gasteiger partial charge in [0.1, 0.15) is 0 Å². The molecule has 0 spiro atoms. The largest absolute Gasteiger partial charge is 0.493 e. The SMILES string of the molecule is C.COc1ccc(CC(=O)N2CCN(C(=Nc3ccccc3C)NC#N)[C@@H](C(C)C)C2)cc1OC. The van der Waals surface area contributed by atoms with Crippen LogP contribution in [0.5, 0.6) is 11.5 Å². The lowest BCUT2D eigenvalue weighted by molar-refractivity contribution is -0.133. The number of nitriles is 1. The number of nitrogens with zero attached hydrogens (tertiary/aromatic N) is 4. The van der Waals surface area contributed by atoms with Crippen molar-refractivity contribution in [3.05, 3.63) is 53.6 Å². The summed E-state index contributed by atoms with van der Waals surface area (Å²) in [7, 11) is 3.17. The van der Waals surface area contributed by atoms with Gasteiger partial charge < -0.3 is 19.3 Å². The Hall–Kier alpha value is -3.73. The van der Waals surface area contributed by atoms with Crippen LogP contribution in [0.25, 0.3) is 0 Å². The summed E-state index contributed by atoms with van der Waals surface area (Å²) < 4.78 is 10.7. The molecule has 0 saturated carbocycles. The van der Waals surface area contributed by atoms with E-state index in [9.17, 15) is 10.1 Å². The molecule has 1 aliphatic heterocycles. The normalized spacial score (nSPS) is 15.8. The van der Waals surface area contributed by atoms with Crippen molar-refractivity contribution in [1.29, 1.82) is 5.26 Å². The first kappa shape index (κ1) is 27.5. The van der Waals surface area contributed by atoms with Crippen molar-refractivity contribution >= 4 is 17.6 Å². The maximum Gasteiger partial charge on any atom is 0.227 e. The summed E-state index contributed by atoms with van der Waals surface area (Å²) in [5, 5.41) is 12.1. The van der Waals surface area contributed by atoms with E-state index in [0.29, 0.717) is 37.1 Å². The summed E-state index contributed by atoms with van der Waals surface area (Å²) in [4.78, 5) is 21.9. The molecule has 35 heavy (non-hydrogen) atoms. The van der Waals surface area contributed by atoms with Crippen LogP contribution in [0.4, 0.5) is 5.69 Å². The molecular formula is C27H37N5O3. The second-order valence-electron chi connectivity index (χ2n) is 8.67. The Labute approximate surface area is 209 Å². The highest BCUT2D eigenvalue weighted by Gasteiger charge is 2.33. The summed E-state index contributed by atoms with van der Waals surface area (Å²) >= 11 is 0. The van der Waals surface area contributed by atoms with Gasteiger partial charge in [0.15, 0.2) is 17.7 Å². The molecule has 8 heteroatoms. The minimum atomic E-state index is 0. The number of guanidine groups is 1. The Kier molecular flexibility index (Phi) is 9.95. The molecule has 0 radical (unpaired) electrons. The molecule has 1 aliphatic rings. The molecule has 1 N–H and O–H groups in total. The van der Waals surface area contributed by atoms with E-state index >= 15 is 0 Å². The number of ether oxygens (including phenoxy) is 2. The third kappa shape index (κ3) is 6.66. The minimum Gasteiger partial charge on any atom is -0.493 e. The molecule has 1 fully saturated rings. The number of rotatable bonds is 6. The zero-order valence-electron chi connectivity index (χ0n) is 20.5. The van der Waals surface area contributed by atoms with Crippen molar-refractivity contribution in [2.45, 2.75) is 40.7 Å². The second kappa shape index (κ2) is 12.7. The van der Waals surface area contributed by atoms with Gasteiger partial charge in [0.2, 0.25) is 11.9 Å². The quantitative estimate of drug-likeness (QED) is 0.290. The number of carbonyl (C=O) groups excluding carboxylic acids is 1. The number of hydrogen-bond acceptors (Lipinski definition) is 5. The third-order valence-corrected chi connectivity index (χ3v) is 6.13. The molecular weight excluding hydrogens is 442 g/mol. The van der Waals surface area contributed by atoms with Crippen LogP contribution in [0.3, 0.4) is 0 Å². The molecule has 2 aromatic carbocycles. The standard InChI is InChI=1S/C26H33N5O3.CH4/c1-18(2)22-16-30(25(32)15-20-10-11-23(33-4)24(14-20)34-5)12-13-31(22)26(28-17-27)29-21-9-7-6-8-19(21)3;/h6-11,14,18,22H,12-13,15-16H2,1-5H3,(H,28,29);1H4/t22-;/m1./s1. The number of para-hydroxylation sites is 1. The van der Waals surface area contributed by atoms with Gasteiger partial charge in [0.25, 0.3) is 0 Å². The molecule has 1 heterocycles. The van der Waals surface area contributed by atoms with Gasteiger partial charge in [-0.2, -0.15) is 5.26 Å². The van der Waals surface area contributed by atoms with Crippen molar-refractivity contribution < 1.29 is 14.3 Å². The number of methoxy groups -OCH3 is 2. The summed E-state index contributed by atoms with van der Waals surface area (Å²) in [6.45, 7) is 7.93. The number of amides is 1. The van der Waals surface area contributed by atoms with E-state index in [4.69, 9.17) is 14.5 Å². The first-order valence-corrected chi connectivity index (χ1v) is 11.4. The van der Waals surface area contributed by atoms with Gasteiger partial charge in [-0.3, -0.25) is 10.1 Å². The number of carbonyl (C=O) groups is 1. The smallest absolute Gasteiger partial charge is 0.227 e. The van der Waals surface area contributed by atoms with Crippen LogP contribution in [0.15, 0.2) is 47.5 Å². The number of piperazine rings is 1. The van der Waals surface area contributed by atoms with Crippen molar-refractivity contribution in [2.75, 3.05) is 33.9 Å². The summed E-state index contributed by atoms with van der Waals surface area (Å²) in [6, 6.07) is 13.4. The average Bonchev–Trinajstić information content (AvgIpc) is 2.84. The average molecular weight is 480 g/mol. The van der Waals surface area contributed by atoms with E-state index in [1.54, 1.807) is 14.2 Å². The first-order valence-electron chi connectivity index (χ1n) is 11.4. The molecule has 1 atom stereocenters. The molecule has 1 saturated heterocycles. The molecule has 0 aromatic heterocycles. The van der Waals surface area contributed by atoms with E-state index in [1.165, 1.54) is 0 Å². The Bertz CT molecular complexity index is 1080. The van der Waals surface area contributed by atoms with Crippen LogP contribution in [-0.2, 0) is 11.2 Å². The maximum absolute atomic E-state index is 13.2. The van der Waals surface area contributed by atoms with E-state index in [2.05, 4.69) is 24.1 Å². The van der Waals surface area contributed by atoms with Crippen LogP contribution in [0.1, 0.15) is 32.4 Å². The zero-order valence-corrected chi connectivity index (χ0v) is 20.5. The summed E-state index contributed by atoms with van der Waals surface area (Å²) in [5.41, 5.74) is 2.72. The summed E-state index contributed by atoms with van der Waals surface area (Å²) in [5.74, 6) is 2.07. The fourth-order valence-electron chi connectivity index (χ4n) is 4.16. The van der Waals surface area contributed by atoms with Crippen molar-refractivity contribution in [1.82, 2.24) is 15.1 Å². The lowest BCUT2D eigenvalue weighted by Crippen LogP contribution is -2.60. The molecule has 1 amide bonds. The van der Waals surface area contributed by atoms with Crippen LogP contribution >= 0.6 is 0 Å². The lowest BCUT2D eigenvalue weighted by atomic mass is 9.99. The second-order valence-corrected chi connectivity index (χ2v) is 8.67. The van der Waals surface area contributed by atoms with Crippen LogP contribution in [0, 0.1) is 24.3 Å². The van der Waals surface area contributed by atoms with Gasteiger partial charge >= 0.3 is 0 Å². The third-order valence-electron chi connectivity index (χ3n) is 6.13. The van der Waals surface area contributed by atoms with E-state index in [-0.39, 0.29) is 31.7 Å². The van der Waals surface area contributed by atoms with Crippen molar-refractivity contribution in [2.24, 2.45) is 10.9 Å². The van der Waals surface area contributed by atoms with E-state index in [0.717, 1.165) is 16.8 Å². The maximum atomic E-state index is 13.2. The number of aryl methyl sites for hydroxylation is 1.